The van der Waals surface area contributed by atoms with E-state index in [1.165, 1.54) is 11.3 Å². The molecular weight excluding hydrogens is 324 g/mol. The first-order valence-electron chi connectivity index (χ1n) is 8.16. The van der Waals surface area contributed by atoms with Gasteiger partial charge in [0.05, 0.1) is 0 Å². The molecule has 1 aliphatic heterocycles. The molecule has 2 amide bonds. The summed E-state index contributed by atoms with van der Waals surface area (Å²) in [4.78, 5) is 25.9. The Balaban J connectivity index is 1.66. The van der Waals surface area contributed by atoms with Crippen LogP contribution in [-0.4, -0.2) is 33.5 Å². The molecule has 1 N–H and O–H groups in total. The van der Waals surface area contributed by atoms with Crippen LogP contribution in [0.4, 0.5) is 5.13 Å². The van der Waals surface area contributed by atoms with E-state index < -0.39 is 0 Å². The van der Waals surface area contributed by atoms with Gasteiger partial charge in [0, 0.05) is 31.5 Å². The van der Waals surface area contributed by atoms with Crippen LogP contribution in [-0.2, 0) is 17.8 Å². The molecule has 1 fully saturated rings. The van der Waals surface area contributed by atoms with Crippen LogP contribution in [0.2, 0.25) is 0 Å². The first kappa shape index (κ1) is 16.6. The van der Waals surface area contributed by atoms with Crippen molar-refractivity contribution in [3.05, 3.63) is 40.4 Å². The van der Waals surface area contributed by atoms with Crippen molar-refractivity contribution in [1.82, 2.24) is 15.1 Å². The van der Waals surface area contributed by atoms with Crippen molar-refractivity contribution < 1.29 is 9.59 Å². The predicted molar refractivity (Wildman–Crippen MR) is 93.0 cm³/mol. The molecule has 3 rings (SSSR count). The Labute approximate surface area is 144 Å². The molecule has 2 heterocycles. The maximum Gasteiger partial charge on any atom is 0.257 e. The number of hydrogen-bond acceptors (Lipinski definition) is 5. The fourth-order valence-corrected chi connectivity index (χ4v) is 3.53. The van der Waals surface area contributed by atoms with E-state index in [4.69, 9.17) is 0 Å². The molecule has 6 nitrogen and oxygen atoms in total. The summed E-state index contributed by atoms with van der Waals surface area (Å²) in [5, 5.41) is 12.3. The van der Waals surface area contributed by atoms with Crippen LogP contribution in [0.5, 0.6) is 0 Å². The molecule has 24 heavy (non-hydrogen) atoms. The molecule has 0 radical (unpaired) electrons. The molecule has 0 spiro atoms. The number of carbonyl (C=O) groups excluding carboxylic acids is 2. The topological polar surface area (TPSA) is 75.2 Å². The normalized spacial score (nSPS) is 14.2. The highest BCUT2D eigenvalue weighted by Gasteiger charge is 2.20. The van der Waals surface area contributed by atoms with Crippen molar-refractivity contribution in [2.75, 3.05) is 11.9 Å². The van der Waals surface area contributed by atoms with E-state index in [1.807, 2.05) is 23.1 Å². The molecule has 0 aliphatic carbocycles. The fourth-order valence-electron chi connectivity index (χ4n) is 2.69. The molecular formula is C17H20N4O2S. The molecule has 1 saturated heterocycles. The lowest BCUT2D eigenvalue weighted by Gasteiger charge is -2.15. The van der Waals surface area contributed by atoms with E-state index >= 15 is 0 Å². The summed E-state index contributed by atoms with van der Waals surface area (Å²) in [6, 6.07) is 7.37. The number of carbonyl (C=O) groups is 2. The SMILES string of the molecule is CCCc1nnc(NC(=O)c2cccc(CN3CCCC3=O)c2)s1. The van der Waals surface area contributed by atoms with Crippen molar-refractivity contribution in [3.63, 3.8) is 0 Å². The first-order chi connectivity index (χ1) is 11.7. The van der Waals surface area contributed by atoms with Crippen molar-refractivity contribution in [2.45, 2.75) is 39.2 Å². The zero-order valence-corrected chi connectivity index (χ0v) is 14.4. The Bertz CT molecular complexity index is 744. The lowest BCUT2D eigenvalue weighted by atomic mass is 10.1. The van der Waals surface area contributed by atoms with Crippen LogP contribution < -0.4 is 5.32 Å². The quantitative estimate of drug-likeness (QED) is 0.874. The average Bonchev–Trinajstić information content (AvgIpc) is 3.18. The smallest absolute Gasteiger partial charge is 0.257 e. The molecule has 7 heteroatoms. The average molecular weight is 344 g/mol. The van der Waals surface area contributed by atoms with Crippen LogP contribution in [0.15, 0.2) is 24.3 Å². The van der Waals surface area contributed by atoms with E-state index in [0.717, 1.165) is 36.4 Å². The zero-order valence-electron chi connectivity index (χ0n) is 13.6. The van der Waals surface area contributed by atoms with Crippen LogP contribution in [0.3, 0.4) is 0 Å². The molecule has 2 aromatic rings. The monoisotopic (exact) mass is 344 g/mol. The lowest BCUT2D eigenvalue weighted by Crippen LogP contribution is -2.24. The van der Waals surface area contributed by atoms with Gasteiger partial charge in [-0.3, -0.25) is 14.9 Å². The van der Waals surface area contributed by atoms with Crippen molar-refractivity contribution in [2.24, 2.45) is 0 Å². The van der Waals surface area contributed by atoms with Crippen molar-refractivity contribution >= 4 is 28.3 Å². The van der Waals surface area contributed by atoms with Crippen molar-refractivity contribution in [3.8, 4) is 0 Å². The van der Waals surface area contributed by atoms with Gasteiger partial charge >= 0.3 is 0 Å². The second kappa shape index (κ2) is 7.53. The Morgan fingerprint density at radius 2 is 2.25 bits per heavy atom. The number of aromatic nitrogens is 2. The second-order valence-electron chi connectivity index (χ2n) is 5.82. The van der Waals surface area contributed by atoms with Gasteiger partial charge in [-0.05, 0) is 30.5 Å². The van der Waals surface area contributed by atoms with E-state index in [1.54, 1.807) is 6.07 Å². The molecule has 126 valence electrons. The van der Waals surface area contributed by atoms with Gasteiger partial charge in [-0.2, -0.15) is 0 Å². The molecule has 1 aromatic carbocycles. The summed E-state index contributed by atoms with van der Waals surface area (Å²) in [6.45, 7) is 3.43. The number of nitrogens with one attached hydrogen (secondary N) is 1. The summed E-state index contributed by atoms with van der Waals surface area (Å²) in [5.74, 6) is -0.0223. The minimum Gasteiger partial charge on any atom is -0.338 e. The molecule has 0 saturated carbocycles. The van der Waals surface area contributed by atoms with Gasteiger partial charge in [-0.15, -0.1) is 10.2 Å². The van der Waals surface area contributed by atoms with Crippen LogP contribution in [0.25, 0.3) is 0 Å². The summed E-state index contributed by atoms with van der Waals surface area (Å²) in [6.07, 6.45) is 3.40. The van der Waals surface area contributed by atoms with Gasteiger partial charge in [0.15, 0.2) is 0 Å². The third-order valence-corrected chi connectivity index (χ3v) is 4.78. The van der Waals surface area contributed by atoms with Gasteiger partial charge < -0.3 is 4.90 Å². The highest BCUT2D eigenvalue weighted by atomic mass is 32.1. The molecule has 0 atom stereocenters. The van der Waals surface area contributed by atoms with Crippen molar-refractivity contribution in [1.29, 1.82) is 0 Å². The number of rotatable bonds is 6. The molecule has 0 bridgehead atoms. The summed E-state index contributed by atoms with van der Waals surface area (Å²) in [5.41, 5.74) is 1.52. The minimum absolute atomic E-state index is 0.183. The summed E-state index contributed by atoms with van der Waals surface area (Å²) in [7, 11) is 0. The van der Waals surface area contributed by atoms with Crippen LogP contribution >= 0.6 is 11.3 Å². The van der Waals surface area contributed by atoms with E-state index in [-0.39, 0.29) is 11.8 Å². The minimum atomic E-state index is -0.205. The standard InChI is InChI=1S/C17H20N4O2S/c1-2-5-14-19-20-17(24-14)18-16(23)13-7-3-6-12(10-13)11-21-9-4-8-15(21)22/h3,6-7,10H,2,4-5,8-9,11H2,1H3,(H,18,20,23). The zero-order chi connectivity index (χ0) is 16.9. The molecule has 0 unspecified atom stereocenters. The molecule has 1 aromatic heterocycles. The highest BCUT2D eigenvalue weighted by molar-refractivity contribution is 7.15. The van der Waals surface area contributed by atoms with E-state index in [2.05, 4.69) is 22.4 Å². The lowest BCUT2D eigenvalue weighted by molar-refractivity contribution is -0.128. The Kier molecular flexibility index (Phi) is 5.20. The van der Waals surface area contributed by atoms with Crippen LogP contribution in [0, 0.1) is 0 Å². The summed E-state index contributed by atoms with van der Waals surface area (Å²) >= 11 is 1.40. The maximum absolute atomic E-state index is 12.4. The number of anilines is 1. The third-order valence-electron chi connectivity index (χ3n) is 3.89. The second-order valence-corrected chi connectivity index (χ2v) is 6.89. The van der Waals surface area contributed by atoms with E-state index in [0.29, 0.717) is 23.7 Å². The van der Waals surface area contributed by atoms with Gasteiger partial charge in [0.25, 0.3) is 5.91 Å². The largest absolute Gasteiger partial charge is 0.338 e. The van der Waals surface area contributed by atoms with Gasteiger partial charge in [0.1, 0.15) is 5.01 Å². The maximum atomic E-state index is 12.4. The Morgan fingerprint density at radius 3 is 3.00 bits per heavy atom. The predicted octanol–water partition coefficient (Wildman–Crippen LogP) is 2.87. The number of aryl methyl sites for hydroxylation is 1. The molecule has 1 aliphatic rings. The third kappa shape index (κ3) is 3.97. The fraction of sp³-hybridized carbons (Fsp3) is 0.412. The highest BCUT2D eigenvalue weighted by Crippen LogP contribution is 2.19. The number of likely N-dealkylation sites (tertiary alicyclic amines) is 1. The number of amides is 2. The Morgan fingerprint density at radius 1 is 1.38 bits per heavy atom. The number of hydrogen-bond donors (Lipinski definition) is 1. The van der Waals surface area contributed by atoms with Gasteiger partial charge in [-0.25, -0.2) is 0 Å². The number of benzene rings is 1. The van der Waals surface area contributed by atoms with Crippen LogP contribution in [0.1, 0.15) is 47.1 Å². The number of nitrogens with zero attached hydrogens (tertiary/aromatic N) is 3. The first-order valence-corrected chi connectivity index (χ1v) is 8.98. The van der Waals surface area contributed by atoms with E-state index in [9.17, 15) is 9.59 Å². The van der Waals surface area contributed by atoms with Gasteiger partial charge in [-0.1, -0.05) is 30.4 Å². The summed E-state index contributed by atoms with van der Waals surface area (Å²) < 4.78 is 0. The van der Waals surface area contributed by atoms with Gasteiger partial charge in [0.2, 0.25) is 11.0 Å². The Hall–Kier alpha value is -2.28.